The Balaban J connectivity index is 1.82. The van der Waals surface area contributed by atoms with Crippen molar-refractivity contribution >= 4 is 11.8 Å². The third-order valence-electron chi connectivity index (χ3n) is 3.53. The Morgan fingerprint density at radius 1 is 1.17 bits per heavy atom. The molecule has 1 N–H and O–H groups in total. The quantitative estimate of drug-likeness (QED) is 0.844. The maximum Gasteiger partial charge on any atom is 0.239 e. The summed E-state index contributed by atoms with van der Waals surface area (Å²) in [4.78, 5) is 29.3. The van der Waals surface area contributed by atoms with E-state index in [1.165, 1.54) is 17.9 Å². The topological polar surface area (TPSA) is 62.3 Å². The molecule has 0 radical (unpaired) electrons. The number of nitrogens with one attached hydrogen (secondary N) is 1. The van der Waals surface area contributed by atoms with Gasteiger partial charge in [-0.3, -0.25) is 14.6 Å². The summed E-state index contributed by atoms with van der Waals surface area (Å²) in [7, 11) is 0. The first kappa shape index (κ1) is 17.6. The highest BCUT2D eigenvalue weighted by Crippen LogP contribution is 2.06. The molecule has 0 saturated carbocycles. The van der Waals surface area contributed by atoms with Crippen molar-refractivity contribution in [3.05, 3.63) is 65.7 Å². The molecule has 0 spiro atoms. The summed E-state index contributed by atoms with van der Waals surface area (Å²) in [5.41, 5.74) is 1.27. The summed E-state index contributed by atoms with van der Waals surface area (Å²) in [6, 6.07) is 11.9. The van der Waals surface area contributed by atoms with Gasteiger partial charge in [0.25, 0.3) is 0 Å². The lowest BCUT2D eigenvalue weighted by atomic mass is 10.1. The van der Waals surface area contributed by atoms with Gasteiger partial charge in [0, 0.05) is 19.7 Å². The van der Waals surface area contributed by atoms with E-state index in [2.05, 4.69) is 10.3 Å². The second-order valence-electron chi connectivity index (χ2n) is 5.39. The van der Waals surface area contributed by atoms with E-state index in [1.54, 1.807) is 36.5 Å². The van der Waals surface area contributed by atoms with E-state index in [0.29, 0.717) is 24.2 Å². The second-order valence-corrected chi connectivity index (χ2v) is 5.39. The number of amides is 2. The van der Waals surface area contributed by atoms with Crippen molar-refractivity contribution in [3.63, 3.8) is 0 Å². The number of carbonyl (C=O) groups excluding carboxylic acids is 2. The second kappa shape index (κ2) is 8.76. The zero-order valence-corrected chi connectivity index (χ0v) is 13.5. The van der Waals surface area contributed by atoms with E-state index in [-0.39, 0.29) is 30.7 Å². The normalized spacial score (nSPS) is 10.2. The van der Waals surface area contributed by atoms with Crippen LogP contribution >= 0.6 is 0 Å². The monoisotopic (exact) mass is 329 g/mol. The lowest BCUT2D eigenvalue weighted by Gasteiger charge is -2.20. The van der Waals surface area contributed by atoms with Gasteiger partial charge in [0.05, 0.1) is 18.8 Å². The Bertz CT molecular complexity index is 692. The van der Waals surface area contributed by atoms with Crippen LogP contribution in [0.5, 0.6) is 0 Å². The summed E-state index contributed by atoms with van der Waals surface area (Å²) < 4.78 is 13.5. The molecular formula is C18H20FN3O2. The Labute approximate surface area is 140 Å². The standard InChI is InChI=1S/C18H20FN3O2/c1-14(23)22(12-16-7-4-5-10-20-16)13-18(24)21-11-9-15-6-2-3-8-17(15)19/h2-8,10H,9,11-13H2,1H3,(H,21,24). The van der Waals surface area contributed by atoms with E-state index in [1.807, 2.05) is 6.07 Å². The molecule has 24 heavy (non-hydrogen) atoms. The number of hydrogen-bond acceptors (Lipinski definition) is 3. The highest BCUT2D eigenvalue weighted by atomic mass is 19.1. The van der Waals surface area contributed by atoms with Crippen LogP contribution in [0.25, 0.3) is 0 Å². The summed E-state index contributed by atoms with van der Waals surface area (Å²) in [6.07, 6.45) is 2.04. The summed E-state index contributed by atoms with van der Waals surface area (Å²) in [5.74, 6) is -0.769. The molecule has 1 aromatic heterocycles. The first-order valence-corrected chi connectivity index (χ1v) is 7.72. The molecule has 0 unspecified atom stereocenters. The number of carbonyl (C=O) groups is 2. The van der Waals surface area contributed by atoms with Gasteiger partial charge in [0.15, 0.2) is 0 Å². The number of hydrogen-bond donors (Lipinski definition) is 1. The SMILES string of the molecule is CC(=O)N(CC(=O)NCCc1ccccc1F)Cc1ccccn1. The van der Waals surface area contributed by atoms with Crippen LogP contribution in [0.15, 0.2) is 48.7 Å². The first-order valence-electron chi connectivity index (χ1n) is 7.72. The molecular weight excluding hydrogens is 309 g/mol. The molecule has 1 aromatic carbocycles. The summed E-state index contributed by atoms with van der Waals surface area (Å²) in [6.45, 7) is 1.95. The van der Waals surface area contributed by atoms with E-state index in [9.17, 15) is 14.0 Å². The van der Waals surface area contributed by atoms with Gasteiger partial charge in [-0.15, -0.1) is 0 Å². The highest BCUT2D eigenvalue weighted by Gasteiger charge is 2.14. The van der Waals surface area contributed by atoms with E-state index in [4.69, 9.17) is 0 Å². The van der Waals surface area contributed by atoms with E-state index >= 15 is 0 Å². The smallest absolute Gasteiger partial charge is 0.239 e. The minimum absolute atomic E-state index is 0.0524. The van der Waals surface area contributed by atoms with E-state index < -0.39 is 0 Å². The molecule has 126 valence electrons. The Kier molecular flexibility index (Phi) is 6.42. The van der Waals surface area contributed by atoms with Crippen LogP contribution in [0.2, 0.25) is 0 Å². The minimum atomic E-state index is -0.285. The van der Waals surface area contributed by atoms with Crippen LogP contribution in [0.4, 0.5) is 4.39 Å². The van der Waals surface area contributed by atoms with E-state index in [0.717, 1.165) is 0 Å². The van der Waals surface area contributed by atoms with Gasteiger partial charge in [0.2, 0.25) is 11.8 Å². The molecule has 2 aromatic rings. The van der Waals surface area contributed by atoms with Gasteiger partial charge in [-0.1, -0.05) is 24.3 Å². The number of rotatable bonds is 7. The average molecular weight is 329 g/mol. The third kappa shape index (κ3) is 5.46. The predicted octanol–water partition coefficient (Wildman–Crippen LogP) is 1.93. The third-order valence-corrected chi connectivity index (χ3v) is 3.53. The number of pyridine rings is 1. The molecule has 0 aliphatic rings. The highest BCUT2D eigenvalue weighted by molar-refractivity contribution is 5.83. The molecule has 1 heterocycles. The maximum atomic E-state index is 13.5. The Morgan fingerprint density at radius 3 is 2.58 bits per heavy atom. The van der Waals surface area contributed by atoms with Crippen LogP contribution < -0.4 is 5.32 Å². The molecule has 0 bridgehead atoms. The number of nitrogens with zero attached hydrogens (tertiary/aromatic N) is 2. The van der Waals surface area contributed by atoms with Gasteiger partial charge < -0.3 is 10.2 Å². The lowest BCUT2D eigenvalue weighted by molar-refractivity contribution is -0.134. The summed E-state index contributed by atoms with van der Waals surface area (Å²) in [5, 5.41) is 2.71. The van der Waals surface area contributed by atoms with Gasteiger partial charge in [-0.25, -0.2) is 4.39 Å². The lowest BCUT2D eigenvalue weighted by Crippen LogP contribution is -2.40. The predicted molar refractivity (Wildman–Crippen MR) is 88.4 cm³/mol. The largest absolute Gasteiger partial charge is 0.354 e. The van der Waals surface area contributed by atoms with Crippen molar-refractivity contribution in [2.75, 3.05) is 13.1 Å². The van der Waals surface area contributed by atoms with Crippen LogP contribution in [0, 0.1) is 5.82 Å². The van der Waals surface area contributed by atoms with Crippen molar-refractivity contribution in [1.29, 1.82) is 0 Å². The number of halogens is 1. The summed E-state index contributed by atoms with van der Waals surface area (Å²) >= 11 is 0. The number of aromatic nitrogens is 1. The fraction of sp³-hybridized carbons (Fsp3) is 0.278. The minimum Gasteiger partial charge on any atom is -0.354 e. The van der Waals surface area contributed by atoms with Gasteiger partial charge in [-0.05, 0) is 30.2 Å². The molecule has 2 amide bonds. The van der Waals surface area contributed by atoms with Crippen LogP contribution in [-0.4, -0.2) is 34.8 Å². The fourth-order valence-electron chi connectivity index (χ4n) is 2.23. The van der Waals surface area contributed by atoms with Gasteiger partial charge >= 0.3 is 0 Å². The van der Waals surface area contributed by atoms with Crippen molar-refractivity contribution < 1.29 is 14.0 Å². The number of benzene rings is 1. The molecule has 0 fully saturated rings. The maximum absolute atomic E-state index is 13.5. The zero-order valence-electron chi connectivity index (χ0n) is 13.5. The molecule has 0 atom stereocenters. The molecule has 0 aliphatic carbocycles. The average Bonchev–Trinajstić information content (AvgIpc) is 2.57. The van der Waals surface area contributed by atoms with Crippen LogP contribution in [-0.2, 0) is 22.6 Å². The van der Waals surface area contributed by atoms with Crippen molar-refractivity contribution in [2.24, 2.45) is 0 Å². The molecule has 2 rings (SSSR count). The molecule has 6 heteroatoms. The fourth-order valence-corrected chi connectivity index (χ4v) is 2.23. The van der Waals surface area contributed by atoms with Crippen molar-refractivity contribution in [1.82, 2.24) is 15.2 Å². The Hall–Kier alpha value is -2.76. The van der Waals surface area contributed by atoms with Crippen molar-refractivity contribution in [2.45, 2.75) is 19.9 Å². The van der Waals surface area contributed by atoms with Gasteiger partial charge in [-0.2, -0.15) is 0 Å². The first-order chi connectivity index (χ1) is 11.6. The van der Waals surface area contributed by atoms with Crippen LogP contribution in [0.1, 0.15) is 18.2 Å². The van der Waals surface area contributed by atoms with Gasteiger partial charge in [0.1, 0.15) is 5.82 Å². The molecule has 5 nitrogen and oxygen atoms in total. The molecule has 0 aliphatic heterocycles. The van der Waals surface area contributed by atoms with Crippen LogP contribution in [0.3, 0.4) is 0 Å². The Morgan fingerprint density at radius 2 is 1.92 bits per heavy atom. The molecule has 0 saturated heterocycles. The zero-order chi connectivity index (χ0) is 17.4. The van der Waals surface area contributed by atoms with Crippen molar-refractivity contribution in [3.8, 4) is 0 Å².